The largest absolute Gasteiger partial charge is 0.344 e. The van der Waals surface area contributed by atoms with Crippen LogP contribution in [0.5, 0.6) is 0 Å². The van der Waals surface area contributed by atoms with E-state index in [1.807, 2.05) is 0 Å². The zero-order chi connectivity index (χ0) is 20.5. The summed E-state index contributed by atoms with van der Waals surface area (Å²) < 4.78 is 4.69. The van der Waals surface area contributed by atoms with Crippen molar-refractivity contribution in [3.05, 3.63) is 103 Å². The van der Waals surface area contributed by atoms with Crippen molar-refractivity contribution in [1.82, 2.24) is 9.13 Å². The Hall–Kier alpha value is -4.04. The zero-order valence-corrected chi connectivity index (χ0v) is 17.2. The summed E-state index contributed by atoms with van der Waals surface area (Å²) in [6, 6.07) is 37.3. The first kappa shape index (κ1) is 16.7. The highest BCUT2D eigenvalue weighted by Gasteiger charge is 2.17. The maximum atomic E-state index is 2.39. The molecule has 146 valence electrons. The fraction of sp³-hybridized carbons (Fsp3) is 0.0345. The van der Waals surface area contributed by atoms with E-state index in [9.17, 15) is 0 Å². The summed E-state index contributed by atoms with van der Waals surface area (Å²) in [5, 5.41) is 7.91. The van der Waals surface area contributed by atoms with Crippen molar-refractivity contribution in [2.75, 3.05) is 0 Å². The van der Waals surface area contributed by atoms with Crippen molar-refractivity contribution >= 4 is 54.4 Å². The molecule has 2 nitrogen and oxygen atoms in total. The molecule has 0 fully saturated rings. The van der Waals surface area contributed by atoms with Gasteiger partial charge in [0.2, 0.25) is 0 Å². The lowest BCUT2D eigenvalue weighted by molar-refractivity contribution is 1.01. The van der Waals surface area contributed by atoms with E-state index in [1.165, 1.54) is 60.1 Å². The first-order chi connectivity index (χ1) is 15.3. The summed E-state index contributed by atoms with van der Waals surface area (Å²) in [4.78, 5) is 0. The summed E-state index contributed by atoms with van der Waals surface area (Å²) in [6.45, 7) is 0. The van der Waals surface area contributed by atoms with Crippen molar-refractivity contribution < 1.29 is 0 Å². The van der Waals surface area contributed by atoms with Gasteiger partial charge in [0.05, 0.1) is 11.0 Å². The van der Waals surface area contributed by atoms with Gasteiger partial charge < -0.3 is 9.13 Å². The van der Waals surface area contributed by atoms with Gasteiger partial charge in [-0.15, -0.1) is 0 Å². The van der Waals surface area contributed by atoms with Gasteiger partial charge >= 0.3 is 0 Å². The van der Waals surface area contributed by atoms with Gasteiger partial charge in [-0.05, 0) is 47.2 Å². The molecule has 0 amide bonds. The number of aromatic nitrogens is 2. The lowest BCUT2D eigenvalue weighted by Crippen LogP contribution is -1.92. The summed E-state index contributed by atoms with van der Waals surface area (Å²) >= 11 is 0. The Balaban J connectivity index is 1.73. The van der Waals surface area contributed by atoms with E-state index >= 15 is 0 Å². The van der Waals surface area contributed by atoms with Crippen LogP contribution in [0.1, 0.15) is 0 Å². The highest BCUT2D eigenvalue weighted by Crippen LogP contribution is 2.41. The molecule has 0 bridgehead atoms. The fourth-order valence-corrected chi connectivity index (χ4v) is 5.39. The van der Waals surface area contributed by atoms with Crippen LogP contribution < -0.4 is 0 Å². The third kappa shape index (κ3) is 2.11. The van der Waals surface area contributed by atoms with Gasteiger partial charge in [-0.1, -0.05) is 66.7 Å². The van der Waals surface area contributed by atoms with E-state index in [0.29, 0.717) is 0 Å². The SMILES string of the molecule is Cn1c2ccccc2c2c3ccc4c(c3ccc21)c1ccccc1n4-c1ccccc1. The molecule has 2 heterocycles. The molecule has 31 heavy (non-hydrogen) atoms. The van der Waals surface area contributed by atoms with E-state index in [0.717, 1.165) is 0 Å². The van der Waals surface area contributed by atoms with Crippen LogP contribution in [0, 0.1) is 0 Å². The number of nitrogens with zero attached hydrogens (tertiary/aromatic N) is 2. The first-order valence-electron chi connectivity index (χ1n) is 10.7. The second-order valence-electron chi connectivity index (χ2n) is 8.28. The number of aryl methyl sites for hydroxylation is 1. The zero-order valence-electron chi connectivity index (χ0n) is 17.2. The minimum atomic E-state index is 1.19. The topological polar surface area (TPSA) is 9.86 Å². The van der Waals surface area contributed by atoms with Gasteiger partial charge in [0.15, 0.2) is 0 Å². The molecule has 0 saturated heterocycles. The second-order valence-corrected chi connectivity index (χ2v) is 8.28. The molecule has 2 aromatic heterocycles. The molecule has 0 N–H and O–H groups in total. The van der Waals surface area contributed by atoms with E-state index in [1.54, 1.807) is 0 Å². The number of hydrogen-bond acceptors (Lipinski definition) is 0. The van der Waals surface area contributed by atoms with Crippen molar-refractivity contribution in [3.63, 3.8) is 0 Å². The monoisotopic (exact) mass is 396 g/mol. The Morgan fingerprint density at radius 1 is 0.419 bits per heavy atom. The molecule has 7 rings (SSSR count). The number of benzene rings is 5. The Kier molecular flexibility index (Phi) is 3.23. The fourth-order valence-electron chi connectivity index (χ4n) is 5.39. The summed E-state index contributed by atoms with van der Waals surface area (Å²) in [7, 11) is 2.16. The minimum Gasteiger partial charge on any atom is -0.344 e. The predicted molar refractivity (Wildman–Crippen MR) is 132 cm³/mol. The maximum Gasteiger partial charge on any atom is 0.0547 e. The van der Waals surface area contributed by atoms with Crippen molar-refractivity contribution in [2.24, 2.45) is 7.05 Å². The molecule has 0 aliphatic rings. The third-order valence-corrected chi connectivity index (χ3v) is 6.72. The molecule has 7 aromatic rings. The van der Waals surface area contributed by atoms with Gasteiger partial charge in [0.1, 0.15) is 0 Å². The van der Waals surface area contributed by atoms with Crippen LogP contribution in [0.25, 0.3) is 60.1 Å². The molecule has 5 aromatic carbocycles. The van der Waals surface area contributed by atoms with Gasteiger partial charge in [0, 0.05) is 45.3 Å². The summed E-state index contributed by atoms with van der Waals surface area (Å²) in [5.41, 5.74) is 6.24. The molecular weight excluding hydrogens is 376 g/mol. The lowest BCUT2D eigenvalue weighted by atomic mass is 9.99. The molecule has 0 aliphatic heterocycles. The molecule has 2 heteroatoms. The smallest absolute Gasteiger partial charge is 0.0547 e. The van der Waals surface area contributed by atoms with Crippen LogP contribution in [0.4, 0.5) is 0 Å². The van der Waals surface area contributed by atoms with Crippen LogP contribution in [0.15, 0.2) is 103 Å². The predicted octanol–water partition coefficient (Wildman–Crippen LogP) is 7.58. The number of hydrogen-bond donors (Lipinski definition) is 0. The Labute approximate surface area is 179 Å². The average molecular weight is 396 g/mol. The number of para-hydroxylation sites is 3. The Bertz CT molecular complexity index is 1780. The first-order valence-corrected chi connectivity index (χ1v) is 10.7. The maximum absolute atomic E-state index is 2.39. The molecule has 0 unspecified atom stereocenters. The van der Waals surface area contributed by atoms with Crippen LogP contribution in [-0.2, 0) is 7.05 Å². The summed E-state index contributed by atoms with van der Waals surface area (Å²) in [5.74, 6) is 0. The second kappa shape index (κ2) is 5.99. The molecule has 0 saturated carbocycles. The van der Waals surface area contributed by atoms with E-state index < -0.39 is 0 Å². The summed E-state index contributed by atoms with van der Waals surface area (Å²) in [6.07, 6.45) is 0. The van der Waals surface area contributed by atoms with Crippen LogP contribution in [-0.4, -0.2) is 9.13 Å². The highest BCUT2D eigenvalue weighted by molar-refractivity contribution is 6.29. The van der Waals surface area contributed by atoms with Crippen LogP contribution in [0.3, 0.4) is 0 Å². The van der Waals surface area contributed by atoms with E-state index in [-0.39, 0.29) is 0 Å². The van der Waals surface area contributed by atoms with Gasteiger partial charge in [-0.25, -0.2) is 0 Å². The van der Waals surface area contributed by atoms with Crippen molar-refractivity contribution in [2.45, 2.75) is 0 Å². The van der Waals surface area contributed by atoms with E-state index in [2.05, 4.69) is 119 Å². The Morgan fingerprint density at radius 3 is 1.71 bits per heavy atom. The van der Waals surface area contributed by atoms with Crippen LogP contribution >= 0.6 is 0 Å². The highest BCUT2D eigenvalue weighted by atomic mass is 15.0. The number of fused-ring (bicyclic) bond motifs is 9. The molecule has 0 radical (unpaired) electrons. The van der Waals surface area contributed by atoms with Crippen LogP contribution in [0.2, 0.25) is 0 Å². The standard InChI is InChI=1S/C29H20N2/c1-30-24-13-7-5-11-22(24)28-20-16-18-27-29(21(20)15-17-26(28)30)23-12-6-8-14-25(23)31(27)19-9-3-2-4-10-19/h2-18H,1H3. The molecular formula is C29H20N2. The van der Waals surface area contributed by atoms with Crippen molar-refractivity contribution in [1.29, 1.82) is 0 Å². The molecule has 0 atom stereocenters. The van der Waals surface area contributed by atoms with Gasteiger partial charge in [-0.3, -0.25) is 0 Å². The minimum absolute atomic E-state index is 1.19. The molecule has 0 aliphatic carbocycles. The lowest BCUT2D eigenvalue weighted by Gasteiger charge is -2.08. The van der Waals surface area contributed by atoms with Gasteiger partial charge in [0.25, 0.3) is 0 Å². The quantitative estimate of drug-likeness (QED) is 0.271. The number of rotatable bonds is 1. The van der Waals surface area contributed by atoms with Crippen molar-refractivity contribution in [3.8, 4) is 5.69 Å². The average Bonchev–Trinajstić information content (AvgIpc) is 3.32. The molecule has 0 spiro atoms. The normalized spacial score (nSPS) is 12.0. The third-order valence-electron chi connectivity index (χ3n) is 6.72. The van der Waals surface area contributed by atoms with E-state index in [4.69, 9.17) is 0 Å². The Morgan fingerprint density at radius 2 is 0.968 bits per heavy atom. The van der Waals surface area contributed by atoms with Gasteiger partial charge in [-0.2, -0.15) is 0 Å².